The molecule has 0 unspecified atom stereocenters. The van der Waals surface area contributed by atoms with E-state index in [-0.39, 0.29) is 18.4 Å². The normalized spacial score (nSPS) is 11.0. The molecule has 1 amide bonds. The molecule has 152 valence electrons. The van der Waals surface area contributed by atoms with E-state index >= 15 is 0 Å². The van der Waals surface area contributed by atoms with E-state index in [4.69, 9.17) is 19.9 Å². The number of hydrogen-bond acceptors (Lipinski definition) is 10. The number of amides is 1. The van der Waals surface area contributed by atoms with Gasteiger partial charge in [0.15, 0.2) is 10.7 Å². The van der Waals surface area contributed by atoms with Gasteiger partial charge in [-0.1, -0.05) is 0 Å². The summed E-state index contributed by atoms with van der Waals surface area (Å²) < 4.78 is 43.4. The van der Waals surface area contributed by atoms with Crippen molar-refractivity contribution in [1.82, 2.24) is 19.7 Å². The van der Waals surface area contributed by atoms with Gasteiger partial charge in [-0.25, -0.2) is 9.52 Å². The van der Waals surface area contributed by atoms with E-state index in [2.05, 4.69) is 19.8 Å². The number of nitrogens with one attached hydrogen (secondary N) is 1. The summed E-state index contributed by atoms with van der Waals surface area (Å²) in [7, 11) is -0.639. The maximum atomic E-state index is 12.9. The minimum absolute atomic E-state index is 0.0259. The highest BCUT2D eigenvalue weighted by molar-refractivity contribution is 7.92. The minimum atomic E-state index is -4.49. The van der Waals surface area contributed by atoms with Crippen LogP contribution in [0.3, 0.4) is 0 Å². The fourth-order valence-electron chi connectivity index (χ4n) is 2.20. The molecule has 0 radical (unpaired) electrons. The first-order valence-corrected chi connectivity index (χ1v) is 9.16. The average Bonchev–Trinajstić information content (AvgIpc) is 2.99. The van der Waals surface area contributed by atoms with Crippen LogP contribution in [-0.4, -0.2) is 60.9 Å². The number of aryl methyl sites for hydroxylation is 1. The van der Waals surface area contributed by atoms with Crippen molar-refractivity contribution in [1.29, 1.82) is 0 Å². The van der Waals surface area contributed by atoms with Crippen LogP contribution in [0.25, 0.3) is 0 Å². The van der Waals surface area contributed by atoms with Crippen LogP contribution < -0.4 is 19.9 Å². The summed E-state index contributed by atoms with van der Waals surface area (Å²) in [6.07, 6.45) is 0. The molecule has 2 rings (SSSR count). The third-order valence-electron chi connectivity index (χ3n) is 3.29. The van der Waals surface area contributed by atoms with Crippen molar-refractivity contribution < 1.29 is 32.2 Å². The SMILES string of the molecule is CCOC(=O)c1c(C(N)=O)nn(C)c1S(=O)(=O)Nc1nc(OC)cc(OC)n1. The predicted octanol–water partition coefficient (Wildman–Crippen LogP) is -0.696. The molecule has 2 aromatic heterocycles. The number of methoxy groups -OCH3 is 2. The van der Waals surface area contributed by atoms with Gasteiger partial charge in [-0.3, -0.25) is 9.48 Å². The highest BCUT2D eigenvalue weighted by Gasteiger charge is 2.35. The fraction of sp³-hybridized carbons (Fsp3) is 0.357. The van der Waals surface area contributed by atoms with Crippen molar-refractivity contribution in [2.24, 2.45) is 12.8 Å². The second-order valence-corrected chi connectivity index (χ2v) is 6.72. The van der Waals surface area contributed by atoms with Crippen molar-refractivity contribution in [2.75, 3.05) is 25.5 Å². The standard InChI is InChI=1S/C14H18N6O7S/c1-5-27-13(22)9-10(11(15)21)18-20(2)12(9)28(23,24)19-14-16-7(25-3)6-8(17-14)26-4/h6H,5H2,1-4H3,(H2,15,21)(H,16,17,19). The first kappa shape index (κ1) is 20.9. The molecule has 2 heterocycles. The van der Waals surface area contributed by atoms with Crippen molar-refractivity contribution in [3.63, 3.8) is 0 Å². The monoisotopic (exact) mass is 414 g/mol. The molecule has 0 aliphatic rings. The van der Waals surface area contributed by atoms with Crippen molar-refractivity contribution in [2.45, 2.75) is 11.9 Å². The Morgan fingerprint density at radius 1 is 1.21 bits per heavy atom. The Morgan fingerprint density at radius 3 is 2.25 bits per heavy atom. The highest BCUT2D eigenvalue weighted by atomic mass is 32.2. The molecule has 0 aliphatic heterocycles. The summed E-state index contributed by atoms with van der Waals surface area (Å²) >= 11 is 0. The Morgan fingerprint density at radius 2 is 1.79 bits per heavy atom. The molecule has 0 fully saturated rings. The summed E-state index contributed by atoms with van der Waals surface area (Å²) in [5.41, 5.74) is 4.06. The molecule has 0 spiro atoms. The maximum Gasteiger partial charge on any atom is 0.343 e. The first-order chi connectivity index (χ1) is 13.1. The fourth-order valence-corrected chi connectivity index (χ4v) is 3.47. The van der Waals surface area contributed by atoms with Gasteiger partial charge < -0.3 is 19.9 Å². The molecule has 0 bridgehead atoms. The van der Waals surface area contributed by atoms with Crippen LogP contribution in [0.1, 0.15) is 27.8 Å². The number of hydrogen-bond donors (Lipinski definition) is 2. The molecular weight excluding hydrogens is 396 g/mol. The number of carbonyl (C=O) groups is 2. The molecule has 28 heavy (non-hydrogen) atoms. The van der Waals surface area contributed by atoms with Gasteiger partial charge in [0.1, 0.15) is 5.56 Å². The van der Waals surface area contributed by atoms with Crippen LogP contribution in [0.15, 0.2) is 11.1 Å². The van der Waals surface area contributed by atoms with E-state index in [1.807, 2.05) is 0 Å². The lowest BCUT2D eigenvalue weighted by Crippen LogP contribution is -2.23. The second-order valence-electron chi connectivity index (χ2n) is 5.12. The van der Waals surface area contributed by atoms with Crippen LogP contribution in [-0.2, 0) is 21.8 Å². The van der Waals surface area contributed by atoms with E-state index in [1.54, 1.807) is 0 Å². The number of ether oxygens (including phenoxy) is 3. The summed E-state index contributed by atoms with van der Waals surface area (Å²) in [5, 5.41) is 3.07. The molecule has 14 heteroatoms. The van der Waals surface area contributed by atoms with Crippen molar-refractivity contribution >= 4 is 27.8 Å². The number of carbonyl (C=O) groups excluding carboxylic acids is 2. The zero-order valence-corrected chi connectivity index (χ0v) is 16.2. The maximum absolute atomic E-state index is 12.9. The van der Waals surface area contributed by atoms with Gasteiger partial charge in [-0.2, -0.15) is 23.5 Å². The first-order valence-electron chi connectivity index (χ1n) is 7.68. The van der Waals surface area contributed by atoms with E-state index in [9.17, 15) is 18.0 Å². The Kier molecular flexibility index (Phi) is 6.03. The highest BCUT2D eigenvalue weighted by Crippen LogP contribution is 2.24. The van der Waals surface area contributed by atoms with Gasteiger partial charge in [0.25, 0.3) is 15.9 Å². The number of sulfonamides is 1. The lowest BCUT2D eigenvalue weighted by molar-refractivity contribution is 0.0518. The Bertz CT molecular complexity index is 995. The number of nitrogens with two attached hydrogens (primary N) is 1. The zero-order valence-electron chi connectivity index (χ0n) is 15.4. The summed E-state index contributed by atoms with van der Waals surface area (Å²) in [5.74, 6) is -2.52. The lowest BCUT2D eigenvalue weighted by Gasteiger charge is -2.10. The van der Waals surface area contributed by atoms with E-state index < -0.39 is 44.1 Å². The number of primary amides is 1. The van der Waals surface area contributed by atoms with Gasteiger partial charge in [-0.15, -0.1) is 0 Å². The summed E-state index contributed by atoms with van der Waals surface area (Å²) in [6, 6.07) is 1.33. The molecular formula is C14H18N6O7S. The molecule has 0 aliphatic carbocycles. The Balaban J connectivity index is 2.60. The van der Waals surface area contributed by atoms with Crippen LogP contribution in [0.5, 0.6) is 11.8 Å². The minimum Gasteiger partial charge on any atom is -0.481 e. The second kappa shape index (κ2) is 8.08. The van der Waals surface area contributed by atoms with Gasteiger partial charge in [0.2, 0.25) is 17.7 Å². The quantitative estimate of drug-likeness (QED) is 0.525. The summed E-state index contributed by atoms with van der Waals surface area (Å²) in [6.45, 7) is 1.45. The van der Waals surface area contributed by atoms with Gasteiger partial charge in [0.05, 0.1) is 26.9 Å². The third-order valence-corrected chi connectivity index (χ3v) is 4.71. The van der Waals surface area contributed by atoms with E-state index in [0.29, 0.717) is 0 Å². The predicted molar refractivity (Wildman–Crippen MR) is 93.6 cm³/mol. The van der Waals surface area contributed by atoms with E-state index in [0.717, 1.165) is 4.68 Å². The van der Waals surface area contributed by atoms with Crippen LogP contribution in [0.2, 0.25) is 0 Å². The van der Waals surface area contributed by atoms with Crippen molar-refractivity contribution in [3.05, 3.63) is 17.3 Å². The Labute approximate surface area is 159 Å². The zero-order chi connectivity index (χ0) is 21.1. The van der Waals surface area contributed by atoms with Crippen LogP contribution in [0, 0.1) is 0 Å². The van der Waals surface area contributed by atoms with Gasteiger partial charge in [0, 0.05) is 7.05 Å². The lowest BCUT2D eigenvalue weighted by atomic mass is 10.2. The number of nitrogens with zero attached hydrogens (tertiary/aromatic N) is 4. The Hall–Kier alpha value is -3.42. The van der Waals surface area contributed by atoms with Crippen molar-refractivity contribution in [3.8, 4) is 11.8 Å². The van der Waals surface area contributed by atoms with Gasteiger partial charge >= 0.3 is 5.97 Å². The smallest absolute Gasteiger partial charge is 0.343 e. The molecule has 0 atom stereocenters. The molecule has 13 nitrogen and oxygen atoms in total. The molecule has 2 aromatic rings. The number of esters is 1. The summed E-state index contributed by atoms with van der Waals surface area (Å²) in [4.78, 5) is 31.6. The van der Waals surface area contributed by atoms with Crippen LogP contribution >= 0.6 is 0 Å². The molecule has 0 saturated heterocycles. The molecule has 0 aromatic carbocycles. The number of anilines is 1. The number of rotatable bonds is 8. The van der Waals surface area contributed by atoms with Crippen LogP contribution in [0.4, 0.5) is 5.95 Å². The van der Waals surface area contributed by atoms with E-state index in [1.165, 1.54) is 34.3 Å². The van der Waals surface area contributed by atoms with Gasteiger partial charge in [-0.05, 0) is 6.92 Å². The topological polar surface area (TPSA) is 178 Å². The largest absolute Gasteiger partial charge is 0.481 e. The molecule has 0 saturated carbocycles. The average molecular weight is 414 g/mol. The molecule has 3 N–H and O–H groups in total. The third kappa shape index (κ3) is 4.11. The number of aromatic nitrogens is 4.